The number of aromatic nitrogens is 1. The van der Waals surface area contributed by atoms with Crippen LogP contribution in [0.15, 0.2) is 53.7 Å². The van der Waals surface area contributed by atoms with E-state index in [-0.39, 0.29) is 6.04 Å². The van der Waals surface area contributed by atoms with Gasteiger partial charge in [-0.05, 0) is 62.7 Å². The molecular weight excluding hydrogens is 362 g/mol. The summed E-state index contributed by atoms with van der Waals surface area (Å²) in [7, 11) is 1.70. The molecule has 29 heavy (non-hydrogen) atoms. The molecule has 6 heteroatoms. The predicted molar refractivity (Wildman–Crippen MR) is 118 cm³/mol. The van der Waals surface area contributed by atoms with Gasteiger partial charge in [0.15, 0.2) is 5.96 Å². The minimum atomic E-state index is 0.287. The van der Waals surface area contributed by atoms with Crippen molar-refractivity contribution in [3.8, 4) is 5.75 Å². The van der Waals surface area contributed by atoms with Crippen LogP contribution in [0.2, 0.25) is 0 Å². The molecule has 1 atom stereocenters. The third-order valence-corrected chi connectivity index (χ3v) is 5.25. The maximum Gasteiger partial charge on any atom is 0.191 e. The number of methoxy groups -OCH3 is 1. The zero-order valence-corrected chi connectivity index (χ0v) is 17.6. The minimum absolute atomic E-state index is 0.287. The second kappa shape index (κ2) is 11.4. The average molecular weight is 396 g/mol. The zero-order valence-electron chi connectivity index (χ0n) is 17.6. The van der Waals surface area contributed by atoms with E-state index in [9.17, 15) is 0 Å². The van der Waals surface area contributed by atoms with Gasteiger partial charge < -0.3 is 15.4 Å². The van der Waals surface area contributed by atoms with Gasteiger partial charge in [0.2, 0.25) is 0 Å². The fraction of sp³-hybridized carbons (Fsp3) is 0.478. The molecule has 6 nitrogen and oxygen atoms in total. The number of rotatable bonds is 9. The maximum absolute atomic E-state index is 5.32. The van der Waals surface area contributed by atoms with Gasteiger partial charge in [0.05, 0.1) is 19.7 Å². The second-order valence-electron chi connectivity index (χ2n) is 7.25. The summed E-state index contributed by atoms with van der Waals surface area (Å²) >= 11 is 0. The van der Waals surface area contributed by atoms with Crippen molar-refractivity contribution in [2.45, 2.75) is 32.2 Å². The van der Waals surface area contributed by atoms with Crippen molar-refractivity contribution in [1.29, 1.82) is 0 Å². The fourth-order valence-corrected chi connectivity index (χ4v) is 3.69. The molecule has 1 aliphatic rings. The lowest BCUT2D eigenvalue weighted by Crippen LogP contribution is -2.39. The lowest BCUT2D eigenvalue weighted by atomic mass is 10.1. The standard InChI is InChI=1S/C23H33N5O/c1-3-24-23(26-15-13-20-8-4-5-14-25-20)27-18-22(28-16-6-7-17-28)19-9-11-21(29-2)12-10-19/h4-5,8-12,14,22H,3,6-7,13,15-18H2,1-2H3,(H2,24,26,27). The van der Waals surface area contributed by atoms with E-state index in [2.05, 4.69) is 45.6 Å². The molecule has 1 aliphatic heterocycles. The van der Waals surface area contributed by atoms with E-state index in [1.54, 1.807) is 7.11 Å². The summed E-state index contributed by atoms with van der Waals surface area (Å²) in [6, 6.07) is 14.7. The SMILES string of the molecule is CCNC(=NCC(c1ccc(OC)cc1)N1CCCC1)NCCc1ccccn1. The van der Waals surface area contributed by atoms with Crippen LogP contribution in [0.25, 0.3) is 0 Å². The smallest absolute Gasteiger partial charge is 0.191 e. The van der Waals surface area contributed by atoms with Crippen LogP contribution >= 0.6 is 0 Å². The first-order valence-corrected chi connectivity index (χ1v) is 10.6. The van der Waals surface area contributed by atoms with Gasteiger partial charge >= 0.3 is 0 Å². The molecular formula is C23H33N5O. The second-order valence-corrected chi connectivity index (χ2v) is 7.25. The Labute approximate surface area is 174 Å². The van der Waals surface area contributed by atoms with Crippen LogP contribution in [0.3, 0.4) is 0 Å². The van der Waals surface area contributed by atoms with Crippen molar-refractivity contribution in [1.82, 2.24) is 20.5 Å². The summed E-state index contributed by atoms with van der Waals surface area (Å²) in [6.45, 7) is 6.74. The molecule has 1 aromatic carbocycles. The molecule has 0 bridgehead atoms. The zero-order chi connectivity index (χ0) is 20.3. The largest absolute Gasteiger partial charge is 0.497 e. The van der Waals surface area contributed by atoms with E-state index in [0.717, 1.165) is 56.5 Å². The molecule has 0 amide bonds. The highest BCUT2D eigenvalue weighted by atomic mass is 16.5. The summed E-state index contributed by atoms with van der Waals surface area (Å²) in [5, 5.41) is 6.81. The van der Waals surface area contributed by atoms with Gasteiger partial charge in [-0.2, -0.15) is 0 Å². The first-order chi connectivity index (χ1) is 14.3. The Morgan fingerprint density at radius 3 is 2.59 bits per heavy atom. The van der Waals surface area contributed by atoms with Crippen LogP contribution in [0, 0.1) is 0 Å². The molecule has 1 fully saturated rings. The monoisotopic (exact) mass is 395 g/mol. The van der Waals surface area contributed by atoms with E-state index >= 15 is 0 Å². The Bertz CT molecular complexity index is 742. The Balaban J connectivity index is 1.65. The number of guanidine groups is 1. The average Bonchev–Trinajstić information content (AvgIpc) is 3.29. The van der Waals surface area contributed by atoms with Crippen LogP contribution in [-0.4, -0.2) is 55.7 Å². The first kappa shape index (κ1) is 21.1. The van der Waals surface area contributed by atoms with Gasteiger partial charge in [-0.1, -0.05) is 18.2 Å². The van der Waals surface area contributed by atoms with Crippen LogP contribution in [0.5, 0.6) is 5.75 Å². The Morgan fingerprint density at radius 2 is 1.93 bits per heavy atom. The van der Waals surface area contributed by atoms with Gasteiger partial charge in [-0.15, -0.1) is 0 Å². The molecule has 1 aromatic heterocycles. The van der Waals surface area contributed by atoms with E-state index in [1.165, 1.54) is 18.4 Å². The number of hydrogen-bond donors (Lipinski definition) is 2. The van der Waals surface area contributed by atoms with Gasteiger partial charge in [-0.3, -0.25) is 14.9 Å². The van der Waals surface area contributed by atoms with Crippen molar-refractivity contribution < 1.29 is 4.74 Å². The number of pyridine rings is 1. The summed E-state index contributed by atoms with van der Waals surface area (Å²) in [6.07, 6.45) is 5.24. The van der Waals surface area contributed by atoms with Crippen LogP contribution in [0.4, 0.5) is 0 Å². The molecule has 3 rings (SSSR count). The van der Waals surface area contributed by atoms with Gasteiger partial charge in [-0.25, -0.2) is 0 Å². The number of ether oxygens (including phenoxy) is 1. The molecule has 1 saturated heterocycles. The van der Waals surface area contributed by atoms with Crippen molar-refractivity contribution in [3.05, 3.63) is 59.9 Å². The normalized spacial score (nSPS) is 15.9. The molecule has 2 heterocycles. The molecule has 2 aromatic rings. The summed E-state index contributed by atoms with van der Waals surface area (Å²) in [5.41, 5.74) is 2.38. The number of nitrogens with zero attached hydrogens (tertiary/aromatic N) is 3. The Kier molecular flexibility index (Phi) is 8.31. The highest BCUT2D eigenvalue weighted by Crippen LogP contribution is 2.27. The number of aliphatic imine (C=N–C) groups is 1. The van der Waals surface area contributed by atoms with Crippen LogP contribution < -0.4 is 15.4 Å². The maximum atomic E-state index is 5.32. The van der Waals surface area contributed by atoms with E-state index in [4.69, 9.17) is 9.73 Å². The third kappa shape index (κ3) is 6.46. The summed E-state index contributed by atoms with van der Waals surface area (Å²) in [5.74, 6) is 1.75. The first-order valence-electron chi connectivity index (χ1n) is 10.6. The molecule has 2 N–H and O–H groups in total. The van der Waals surface area contributed by atoms with E-state index in [0.29, 0.717) is 0 Å². The summed E-state index contributed by atoms with van der Waals surface area (Å²) in [4.78, 5) is 11.8. The molecule has 156 valence electrons. The highest BCUT2D eigenvalue weighted by molar-refractivity contribution is 5.79. The predicted octanol–water partition coefficient (Wildman–Crippen LogP) is 3.02. The van der Waals surface area contributed by atoms with Crippen LogP contribution in [0.1, 0.15) is 37.1 Å². The van der Waals surface area contributed by atoms with Crippen molar-refractivity contribution >= 4 is 5.96 Å². The van der Waals surface area contributed by atoms with Gasteiger partial charge in [0.25, 0.3) is 0 Å². The molecule has 0 aliphatic carbocycles. The van der Waals surface area contributed by atoms with Crippen LogP contribution in [-0.2, 0) is 6.42 Å². The fourth-order valence-electron chi connectivity index (χ4n) is 3.69. The van der Waals surface area contributed by atoms with Crippen molar-refractivity contribution in [3.63, 3.8) is 0 Å². The third-order valence-electron chi connectivity index (χ3n) is 5.25. The summed E-state index contributed by atoms with van der Waals surface area (Å²) < 4.78 is 5.32. The Hall–Kier alpha value is -2.60. The lowest BCUT2D eigenvalue weighted by Gasteiger charge is -2.27. The van der Waals surface area contributed by atoms with E-state index in [1.807, 2.05) is 30.5 Å². The molecule has 1 unspecified atom stereocenters. The lowest BCUT2D eigenvalue weighted by molar-refractivity contribution is 0.251. The van der Waals surface area contributed by atoms with Crippen molar-refractivity contribution in [2.24, 2.45) is 4.99 Å². The minimum Gasteiger partial charge on any atom is -0.497 e. The number of hydrogen-bond acceptors (Lipinski definition) is 4. The molecule has 0 radical (unpaired) electrons. The number of nitrogens with one attached hydrogen (secondary N) is 2. The van der Waals surface area contributed by atoms with Gasteiger partial charge in [0.1, 0.15) is 5.75 Å². The number of likely N-dealkylation sites (tertiary alicyclic amines) is 1. The quantitative estimate of drug-likeness (QED) is 0.505. The van der Waals surface area contributed by atoms with E-state index < -0.39 is 0 Å². The number of benzene rings is 1. The topological polar surface area (TPSA) is 61.8 Å². The Morgan fingerprint density at radius 1 is 1.14 bits per heavy atom. The highest BCUT2D eigenvalue weighted by Gasteiger charge is 2.23. The van der Waals surface area contributed by atoms with Crippen molar-refractivity contribution in [2.75, 3.05) is 39.8 Å². The molecule has 0 saturated carbocycles. The molecule has 0 spiro atoms. The van der Waals surface area contributed by atoms with Gasteiger partial charge in [0, 0.05) is 31.4 Å².